The normalized spacial score (nSPS) is 13.0. The first-order valence-corrected chi connectivity index (χ1v) is 12.7. The van der Waals surface area contributed by atoms with Crippen LogP contribution in [-0.2, 0) is 4.79 Å². The lowest BCUT2D eigenvalue weighted by molar-refractivity contribution is -0.132. The van der Waals surface area contributed by atoms with E-state index in [1.165, 1.54) is 17.4 Å². The topological polar surface area (TPSA) is 89.3 Å². The number of nitrogens with zero attached hydrogens (tertiary/aromatic N) is 3. The second kappa shape index (κ2) is 10.4. The molecule has 1 aromatic carbocycles. The Morgan fingerprint density at radius 2 is 1.67 bits per heavy atom. The third-order valence-corrected chi connectivity index (χ3v) is 7.87. The maximum Gasteiger partial charge on any atom is 0.346 e. The number of rotatable bonds is 7. The molecule has 4 heterocycles. The van der Waals surface area contributed by atoms with Gasteiger partial charge in [0.1, 0.15) is 11.6 Å². The number of aliphatic carboxylic acids is 1. The number of thiophene rings is 2. The molecule has 5 rings (SSSR count). The highest BCUT2D eigenvalue weighted by molar-refractivity contribution is 7.24. The van der Waals surface area contributed by atoms with Gasteiger partial charge in [-0.3, -0.25) is 4.98 Å². The van der Waals surface area contributed by atoms with Crippen molar-refractivity contribution >= 4 is 46.1 Å². The second-order valence-electron chi connectivity index (χ2n) is 7.80. The number of pyridine rings is 1. The first-order valence-electron chi connectivity index (χ1n) is 11.1. The summed E-state index contributed by atoms with van der Waals surface area (Å²) >= 11 is 3.14. The zero-order valence-electron chi connectivity index (χ0n) is 19.0. The van der Waals surface area contributed by atoms with Crippen LogP contribution >= 0.6 is 22.7 Å². The first kappa shape index (κ1) is 23.3. The monoisotopic (exact) mass is 508 g/mol. The molecule has 0 spiro atoms. The maximum absolute atomic E-state index is 11.1. The van der Waals surface area contributed by atoms with Crippen molar-refractivity contribution < 1.29 is 9.90 Å². The van der Waals surface area contributed by atoms with Gasteiger partial charge in [-0.05, 0) is 78.5 Å². The number of aromatic nitrogens is 1. The number of carboxylic acid groups (broad SMARTS) is 1. The molecule has 0 aliphatic carbocycles. The molecule has 3 aromatic heterocycles. The summed E-state index contributed by atoms with van der Waals surface area (Å²) < 4.78 is 0. The van der Waals surface area contributed by atoms with E-state index in [4.69, 9.17) is 10.4 Å². The lowest BCUT2D eigenvalue weighted by atomic mass is 10.1. The first-order chi connectivity index (χ1) is 17.6. The van der Waals surface area contributed by atoms with Gasteiger partial charge < -0.3 is 15.3 Å². The molecule has 0 fully saturated rings. The predicted octanol–water partition coefficient (Wildman–Crippen LogP) is 6.67. The van der Waals surface area contributed by atoms with E-state index in [0.717, 1.165) is 48.7 Å². The van der Waals surface area contributed by atoms with Crippen molar-refractivity contribution in [1.29, 1.82) is 5.26 Å². The molecule has 1 aliphatic heterocycles. The average Bonchev–Trinajstić information content (AvgIpc) is 3.59. The van der Waals surface area contributed by atoms with E-state index < -0.39 is 5.97 Å². The Balaban J connectivity index is 1.40. The number of carboxylic acids is 1. The largest absolute Gasteiger partial charge is 0.477 e. The van der Waals surface area contributed by atoms with Crippen LogP contribution in [0.2, 0.25) is 0 Å². The Labute approximate surface area is 216 Å². The smallest absolute Gasteiger partial charge is 0.346 e. The van der Waals surface area contributed by atoms with E-state index in [1.54, 1.807) is 29.8 Å². The zero-order valence-corrected chi connectivity index (χ0v) is 20.6. The number of anilines is 2. The van der Waals surface area contributed by atoms with Crippen molar-refractivity contribution in [2.75, 3.05) is 11.4 Å². The summed E-state index contributed by atoms with van der Waals surface area (Å²) in [6.45, 7) is 0.776. The van der Waals surface area contributed by atoms with Gasteiger partial charge in [0.25, 0.3) is 0 Å². The van der Waals surface area contributed by atoms with Crippen LogP contribution in [0.4, 0.5) is 11.4 Å². The van der Waals surface area contributed by atoms with Gasteiger partial charge in [-0.15, -0.1) is 22.7 Å². The number of allylic oxidation sites excluding steroid dienone is 1. The van der Waals surface area contributed by atoms with Crippen LogP contribution in [0.5, 0.6) is 0 Å². The summed E-state index contributed by atoms with van der Waals surface area (Å²) in [5, 5.41) is 21.3. The minimum atomic E-state index is -1.22. The van der Waals surface area contributed by atoms with Crippen LogP contribution in [0, 0.1) is 11.3 Å². The molecule has 0 unspecified atom stereocenters. The molecule has 2 N–H and O–H groups in total. The minimum Gasteiger partial charge on any atom is -0.477 e. The van der Waals surface area contributed by atoms with Gasteiger partial charge in [-0.2, -0.15) is 5.26 Å². The van der Waals surface area contributed by atoms with Crippen LogP contribution in [-0.4, -0.2) is 22.6 Å². The number of nitriles is 1. The summed E-state index contributed by atoms with van der Waals surface area (Å²) in [5.41, 5.74) is 4.04. The number of hydrogen-bond donors (Lipinski definition) is 2. The SMILES string of the molecule is N#C/C(=C\c1ccc(-c2ccc(-c3ccc(N(C4=CCNC=C4)c4ccncc4)cc3)s2)s1)C(=O)O. The molecule has 176 valence electrons. The molecule has 4 aromatic rings. The summed E-state index contributed by atoms with van der Waals surface area (Å²) in [4.78, 5) is 21.5. The van der Waals surface area contributed by atoms with Crippen molar-refractivity contribution in [3.8, 4) is 26.3 Å². The van der Waals surface area contributed by atoms with E-state index in [9.17, 15) is 4.79 Å². The molecule has 1 aliphatic rings. The molecule has 0 bridgehead atoms. The molecule has 6 nitrogen and oxygen atoms in total. The van der Waals surface area contributed by atoms with E-state index in [1.807, 2.05) is 30.5 Å². The third kappa shape index (κ3) is 4.98. The number of hydrogen-bond acceptors (Lipinski definition) is 7. The standard InChI is InChI=1S/C28H20N4O2S2/c29-18-20(28(33)34)17-24-5-6-26(35-24)27-8-7-25(36-27)19-1-3-21(4-2-19)32(22-9-13-30-14-10-22)23-11-15-31-16-12-23/h1-15,17,31H,16H2,(H,33,34)/b20-17+. The molecule has 0 atom stereocenters. The van der Waals surface area contributed by atoms with Crippen molar-refractivity contribution in [3.05, 3.63) is 108 Å². The fourth-order valence-corrected chi connectivity index (χ4v) is 5.85. The Bertz CT molecular complexity index is 1520. The van der Waals surface area contributed by atoms with Gasteiger partial charge in [-0.25, -0.2) is 4.79 Å². The highest BCUT2D eigenvalue weighted by Crippen LogP contribution is 2.39. The predicted molar refractivity (Wildman–Crippen MR) is 146 cm³/mol. The summed E-state index contributed by atoms with van der Waals surface area (Å²) in [6.07, 6.45) is 11.2. The van der Waals surface area contributed by atoms with E-state index in [2.05, 4.69) is 63.8 Å². The second-order valence-corrected chi connectivity index (χ2v) is 10.00. The average molecular weight is 509 g/mol. The molecule has 0 radical (unpaired) electrons. The summed E-state index contributed by atoms with van der Waals surface area (Å²) in [5.74, 6) is -1.22. The van der Waals surface area contributed by atoms with Crippen molar-refractivity contribution in [1.82, 2.24) is 10.3 Å². The van der Waals surface area contributed by atoms with Gasteiger partial charge in [0.2, 0.25) is 0 Å². The number of dihydropyridines is 1. The van der Waals surface area contributed by atoms with Crippen LogP contribution in [0.15, 0.2) is 103 Å². The van der Waals surface area contributed by atoms with Crippen molar-refractivity contribution in [2.24, 2.45) is 0 Å². The Morgan fingerprint density at radius 1 is 0.972 bits per heavy atom. The van der Waals surface area contributed by atoms with E-state index in [-0.39, 0.29) is 5.57 Å². The van der Waals surface area contributed by atoms with Crippen LogP contribution in [0.25, 0.3) is 26.3 Å². The highest BCUT2D eigenvalue weighted by Gasteiger charge is 2.15. The number of nitrogens with one attached hydrogen (secondary N) is 1. The molecule has 0 amide bonds. The molecule has 36 heavy (non-hydrogen) atoms. The van der Waals surface area contributed by atoms with Gasteiger partial charge in [0, 0.05) is 55.5 Å². The van der Waals surface area contributed by atoms with Gasteiger partial charge in [-0.1, -0.05) is 12.1 Å². The highest BCUT2D eigenvalue weighted by atomic mass is 32.1. The van der Waals surface area contributed by atoms with Crippen LogP contribution in [0.3, 0.4) is 0 Å². The molecule has 0 saturated heterocycles. The van der Waals surface area contributed by atoms with Crippen LogP contribution in [0.1, 0.15) is 4.88 Å². The summed E-state index contributed by atoms with van der Waals surface area (Å²) in [7, 11) is 0. The maximum atomic E-state index is 11.1. The minimum absolute atomic E-state index is 0.271. The molecule has 0 saturated carbocycles. The zero-order chi connectivity index (χ0) is 24.9. The van der Waals surface area contributed by atoms with E-state index in [0.29, 0.717) is 0 Å². The summed E-state index contributed by atoms with van der Waals surface area (Å²) in [6, 6.07) is 22.2. The molecular formula is C28H20N4O2S2. The third-order valence-electron chi connectivity index (χ3n) is 5.50. The lowest BCUT2D eigenvalue weighted by Crippen LogP contribution is -2.20. The molecular weight excluding hydrogens is 488 g/mol. The van der Waals surface area contributed by atoms with Crippen molar-refractivity contribution in [3.63, 3.8) is 0 Å². The van der Waals surface area contributed by atoms with Gasteiger partial charge >= 0.3 is 5.97 Å². The Kier molecular flexibility index (Phi) is 6.76. The lowest BCUT2D eigenvalue weighted by Gasteiger charge is -2.27. The fraction of sp³-hybridized carbons (Fsp3) is 0.0357. The fourth-order valence-electron chi connectivity index (χ4n) is 3.80. The number of benzene rings is 1. The Hall–Kier alpha value is -4.45. The van der Waals surface area contributed by atoms with Crippen LogP contribution < -0.4 is 10.2 Å². The van der Waals surface area contributed by atoms with Gasteiger partial charge in [0.15, 0.2) is 0 Å². The van der Waals surface area contributed by atoms with Gasteiger partial charge in [0.05, 0.1) is 0 Å². The van der Waals surface area contributed by atoms with Crippen molar-refractivity contribution in [2.45, 2.75) is 0 Å². The quantitative estimate of drug-likeness (QED) is 0.214. The number of carbonyl (C=O) groups is 1. The Morgan fingerprint density at radius 3 is 2.36 bits per heavy atom. The van der Waals surface area contributed by atoms with E-state index >= 15 is 0 Å². The molecule has 8 heteroatoms.